The summed E-state index contributed by atoms with van der Waals surface area (Å²) in [6.45, 7) is 5.93. The van der Waals surface area contributed by atoms with Crippen LogP contribution in [0.3, 0.4) is 0 Å². The van der Waals surface area contributed by atoms with Crippen LogP contribution in [0.15, 0.2) is 40.9 Å². The minimum atomic E-state index is 0.145. The lowest BCUT2D eigenvalue weighted by Gasteiger charge is -2.10. The molecule has 0 fully saturated rings. The Balaban J connectivity index is 2.20. The van der Waals surface area contributed by atoms with Crippen LogP contribution >= 0.6 is 15.9 Å². The minimum absolute atomic E-state index is 0.145. The monoisotopic (exact) mass is 332 g/mol. The number of halogens is 1. The molecule has 0 aliphatic heterocycles. The topological polar surface area (TPSA) is 26.3 Å². The maximum Gasteiger partial charge on any atom is 0.162 e. The van der Waals surface area contributed by atoms with Crippen molar-refractivity contribution in [3.63, 3.8) is 0 Å². The normalized spacial score (nSPS) is 10.4. The molecule has 20 heavy (non-hydrogen) atoms. The van der Waals surface area contributed by atoms with Gasteiger partial charge in [-0.1, -0.05) is 22.9 Å². The predicted molar refractivity (Wildman–Crippen MR) is 84.8 cm³/mol. The van der Waals surface area contributed by atoms with Crippen LogP contribution in [0, 0.1) is 13.8 Å². The maximum atomic E-state index is 11.6. The number of carbonyl (C=O) groups excluding carboxylic acids is 1. The molecule has 0 saturated carbocycles. The van der Waals surface area contributed by atoms with Crippen molar-refractivity contribution in [1.82, 2.24) is 0 Å². The molecular formula is C17H17BrO2. The Kier molecular flexibility index (Phi) is 4.61. The first kappa shape index (κ1) is 14.8. The Bertz CT molecular complexity index is 607. The van der Waals surface area contributed by atoms with Crippen LogP contribution in [0.5, 0.6) is 11.5 Å². The fourth-order valence-electron chi connectivity index (χ4n) is 2.01. The summed E-state index contributed by atoms with van der Waals surface area (Å²) < 4.78 is 6.94. The number of ether oxygens (including phenoxy) is 1. The third-order valence-electron chi connectivity index (χ3n) is 3.14. The van der Waals surface area contributed by atoms with E-state index in [0.29, 0.717) is 6.42 Å². The molecule has 0 atom stereocenters. The highest BCUT2D eigenvalue weighted by atomic mass is 79.9. The van der Waals surface area contributed by atoms with Crippen LogP contribution in [0.25, 0.3) is 0 Å². The van der Waals surface area contributed by atoms with Crippen molar-refractivity contribution in [3.8, 4) is 11.5 Å². The lowest BCUT2D eigenvalue weighted by atomic mass is 10.1. The molecular weight excluding hydrogens is 316 g/mol. The molecule has 0 unspecified atom stereocenters. The molecule has 2 nitrogen and oxygen atoms in total. The fraction of sp³-hybridized carbons (Fsp3) is 0.235. The Morgan fingerprint density at radius 2 is 1.60 bits per heavy atom. The van der Waals surface area contributed by atoms with E-state index in [0.717, 1.165) is 32.7 Å². The Hall–Kier alpha value is -1.61. The standard InChI is InChI=1S/C17H17BrO2/c1-4-16(19)13-5-7-14(8-6-13)20-15-9-11(2)17(18)12(3)10-15/h5-10H,4H2,1-3H3. The largest absolute Gasteiger partial charge is 0.457 e. The van der Waals surface area contributed by atoms with E-state index in [-0.39, 0.29) is 5.78 Å². The number of aryl methyl sites for hydroxylation is 2. The molecule has 0 radical (unpaired) electrons. The van der Waals surface area contributed by atoms with Crippen LogP contribution in [-0.2, 0) is 0 Å². The van der Waals surface area contributed by atoms with E-state index in [1.807, 2.05) is 45.0 Å². The highest BCUT2D eigenvalue weighted by Crippen LogP contribution is 2.29. The van der Waals surface area contributed by atoms with Gasteiger partial charge in [0, 0.05) is 16.5 Å². The smallest absolute Gasteiger partial charge is 0.162 e. The summed E-state index contributed by atoms with van der Waals surface area (Å²) >= 11 is 3.54. The second-order valence-electron chi connectivity index (χ2n) is 4.77. The van der Waals surface area contributed by atoms with Crippen LogP contribution < -0.4 is 4.74 Å². The molecule has 0 aliphatic carbocycles. The van der Waals surface area contributed by atoms with Crippen LogP contribution in [-0.4, -0.2) is 5.78 Å². The summed E-state index contributed by atoms with van der Waals surface area (Å²) in [5.74, 6) is 1.68. The SMILES string of the molecule is CCC(=O)c1ccc(Oc2cc(C)c(Br)c(C)c2)cc1. The van der Waals surface area contributed by atoms with Gasteiger partial charge in [0.05, 0.1) is 0 Å². The van der Waals surface area contributed by atoms with Gasteiger partial charge < -0.3 is 4.74 Å². The van der Waals surface area contributed by atoms with E-state index in [1.165, 1.54) is 0 Å². The highest BCUT2D eigenvalue weighted by Gasteiger charge is 2.06. The van der Waals surface area contributed by atoms with Crippen molar-refractivity contribution in [3.05, 3.63) is 57.6 Å². The summed E-state index contributed by atoms with van der Waals surface area (Å²) in [6, 6.07) is 11.2. The van der Waals surface area contributed by atoms with Gasteiger partial charge in [-0.2, -0.15) is 0 Å². The minimum Gasteiger partial charge on any atom is -0.457 e. The Labute approximate surface area is 127 Å². The second-order valence-corrected chi connectivity index (χ2v) is 5.57. The molecule has 0 saturated heterocycles. The number of carbonyl (C=O) groups is 1. The zero-order chi connectivity index (χ0) is 14.7. The molecule has 0 N–H and O–H groups in total. The van der Waals surface area contributed by atoms with Crippen molar-refractivity contribution in [1.29, 1.82) is 0 Å². The van der Waals surface area contributed by atoms with Gasteiger partial charge >= 0.3 is 0 Å². The van der Waals surface area contributed by atoms with E-state index in [4.69, 9.17) is 4.74 Å². The van der Waals surface area contributed by atoms with E-state index in [1.54, 1.807) is 12.1 Å². The molecule has 104 valence electrons. The van der Waals surface area contributed by atoms with Crippen molar-refractivity contribution < 1.29 is 9.53 Å². The van der Waals surface area contributed by atoms with E-state index in [9.17, 15) is 4.79 Å². The van der Waals surface area contributed by atoms with Crippen LogP contribution in [0.2, 0.25) is 0 Å². The van der Waals surface area contributed by atoms with Crippen molar-refractivity contribution in [2.24, 2.45) is 0 Å². The van der Waals surface area contributed by atoms with Crippen LogP contribution in [0.4, 0.5) is 0 Å². The lowest BCUT2D eigenvalue weighted by molar-refractivity contribution is 0.0988. The van der Waals surface area contributed by atoms with Crippen molar-refractivity contribution in [2.45, 2.75) is 27.2 Å². The fourth-order valence-corrected chi connectivity index (χ4v) is 2.24. The van der Waals surface area contributed by atoms with Gasteiger partial charge in [-0.3, -0.25) is 4.79 Å². The quantitative estimate of drug-likeness (QED) is 0.695. The Morgan fingerprint density at radius 3 is 2.10 bits per heavy atom. The third-order valence-corrected chi connectivity index (χ3v) is 4.39. The van der Waals surface area contributed by atoms with E-state index < -0.39 is 0 Å². The number of rotatable bonds is 4. The van der Waals surface area contributed by atoms with Gasteiger partial charge in [-0.05, 0) is 61.4 Å². The highest BCUT2D eigenvalue weighted by molar-refractivity contribution is 9.10. The van der Waals surface area contributed by atoms with E-state index in [2.05, 4.69) is 15.9 Å². The van der Waals surface area contributed by atoms with E-state index >= 15 is 0 Å². The zero-order valence-electron chi connectivity index (χ0n) is 11.9. The average Bonchev–Trinajstić information content (AvgIpc) is 2.44. The molecule has 3 heteroatoms. The zero-order valence-corrected chi connectivity index (χ0v) is 13.5. The van der Waals surface area contributed by atoms with Gasteiger partial charge in [0.15, 0.2) is 5.78 Å². The van der Waals surface area contributed by atoms with Gasteiger partial charge in [0.25, 0.3) is 0 Å². The van der Waals surface area contributed by atoms with Gasteiger partial charge in [0.2, 0.25) is 0 Å². The number of Topliss-reactive ketones (excluding diaryl/α,β-unsaturated/α-hetero) is 1. The predicted octanol–water partition coefficient (Wildman–Crippen LogP) is 5.45. The number of ketones is 1. The number of hydrogen-bond donors (Lipinski definition) is 0. The molecule has 0 spiro atoms. The second kappa shape index (κ2) is 6.23. The molecule has 2 aromatic carbocycles. The molecule has 0 heterocycles. The lowest BCUT2D eigenvalue weighted by Crippen LogP contribution is -1.96. The summed E-state index contributed by atoms with van der Waals surface area (Å²) in [6.07, 6.45) is 0.519. The average molecular weight is 333 g/mol. The molecule has 0 amide bonds. The summed E-state index contributed by atoms with van der Waals surface area (Å²) in [4.78, 5) is 11.6. The summed E-state index contributed by atoms with van der Waals surface area (Å²) in [5, 5.41) is 0. The van der Waals surface area contributed by atoms with Gasteiger partial charge in [-0.25, -0.2) is 0 Å². The summed E-state index contributed by atoms with van der Waals surface area (Å²) in [5.41, 5.74) is 3.00. The molecule has 0 aliphatic rings. The first-order valence-electron chi connectivity index (χ1n) is 6.59. The maximum absolute atomic E-state index is 11.6. The first-order chi connectivity index (χ1) is 9.51. The molecule has 2 rings (SSSR count). The summed E-state index contributed by atoms with van der Waals surface area (Å²) in [7, 11) is 0. The molecule has 0 bridgehead atoms. The third kappa shape index (κ3) is 3.28. The first-order valence-corrected chi connectivity index (χ1v) is 7.38. The molecule has 0 aromatic heterocycles. The molecule has 2 aromatic rings. The van der Waals surface area contributed by atoms with Gasteiger partial charge in [-0.15, -0.1) is 0 Å². The number of benzene rings is 2. The number of hydrogen-bond acceptors (Lipinski definition) is 2. The van der Waals surface area contributed by atoms with Crippen molar-refractivity contribution >= 4 is 21.7 Å². The Morgan fingerprint density at radius 1 is 1.05 bits per heavy atom. The van der Waals surface area contributed by atoms with Crippen LogP contribution in [0.1, 0.15) is 34.8 Å². The van der Waals surface area contributed by atoms with Crippen molar-refractivity contribution in [2.75, 3.05) is 0 Å². The van der Waals surface area contributed by atoms with Gasteiger partial charge in [0.1, 0.15) is 11.5 Å².